The van der Waals surface area contributed by atoms with Crippen molar-refractivity contribution in [3.05, 3.63) is 27.5 Å². The van der Waals surface area contributed by atoms with Crippen molar-refractivity contribution in [2.75, 3.05) is 0 Å². The topological polar surface area (TPSA) is 50.2 Å². The van der Waals surface area contributed by atoms with Crippen molar-refractivity contribution in [1.29, 1.82) is 0 Å². The van der Waals surface area contributed by atoms with Crippen LogP contribution in [0.25, 0.3) is 0 Å². The molecule has 0 spiro atoms. The molecule has 0 atom stereocenters. The number of halogens is 2. The van der Waals surface area contributed by atoms with Crippen molar-refractivity contribution >= 4 is 29.5 Å². The lowest BCUT2D eigenvalue weighted by Gasteiger charge is -2.19. The maximum absolute atomic E-state index is 10.4. The normalized spacial score (nSPS) is 11.5. The summed E-state index contributed by atoms with van der Waals surface area (Å²) in [6.07, 6.45) is 2.21. The molecular weight excluding hydrogens is 237 g/mol. The molecule has 0 saturated heterocycles. The van der Waals surface area contributed by atoms with Gasteiger partial charge in [0.2, 0.25) is 0 Å². The third-order valence-electron chi connectivity index (χ3n) is 1.94. The molecule has 1 N–H and O–H groups in total. The zero-order valence-electron chi connectivity index (χ0n) is 8.42. The molecule has 0 bridgehead atoms. The van der Waals surface area contributed by atoms with Crippen molar-refractivity contribution < 1.29 is 9.90 Å². The standard InChI is InChI=1S/C10H11Cl2NO2/c1-10(2,15)9-8(12)6(3-4-14)7(11)5-13-9/h4-5,15H,3H2,1-2H3. The lowest BCUT2D eigenvalue weighted by molar-refractivity contribution is -0.107. The van der Waals surface area contributed by atoms with E-state index in [1.807, 2.05) is 0 Å². The molecule has 0 amide bonds. The summed E-state index contributed by atoms with van der Waals surface area (Å²) in [7, 11) is 0. The van der Waals surface area contributed by atoms with E-state index in [4.69, 9.17) is 23.2 Å². The highest BCUT2D eigenvalue weighted by molar-refractivity contribution is 6.36. The second-order valence-electron chi connectivity index (χ2n) is 3.68. The molecule has 1 aromatic heterocycles. The molecule has 1 rings (SSSR count). The van der Waals surface area contributed by atoms with Crippen LogP contribution in [-0.2, 0) is 16.8 Å². The van der Waals surface area contributed by atoms with Crippen LogP contribution in [0.1, 0.15) is 25.1 Å². The molecule has 0 fully saturated rings. The van der Waals surface area contributed by atoms with E-state index in [1.54, 1.807) is 13.8 Å². The van der Waals surface area contributed by atoms with Crippen LogP contribution >= 0.6 is 23.2 Å². The van der Waals surface area contributed by atoms with Crippen LogP contribution in [-0.4, -0.2) is 16.4 Å². The minimum atomic E-state index is -1.15. The van der Waals surface area contributed by atoms with E-state index in [2.05, 4.69) is 4.98 Å². The van der Waals surface area contributed by atoms with Gasteiger partial charge >= 0.3 is 0 Å². The van der Waals surface area contributed by atoms with Crippen molar-refractivity contribution in [3.63, 3.8) is 0 Å². The summed E-state index contributed by atoms with van der Waals surface area (Å²) in [5, 5.41) is 10.4. The summed E-state index contributed by atoms with van der Waals surface area (Å²) in [4.78, 5) is 14.4. The molecule has 1 heterocycles. The Morgan fingerprint density at radius 3 is 2.60 bits per heavy atom. The third kappa shape index (κ3) is 2.68. The van der Waals surface area contributed by atoms with Crippen LogP contribution < -0.4 is 0 Å². The number of pyridine rings is 1. The zero-order valence-corrected chi connectivity index (χ0v) is 9.93. The van der Waals surface area contributed by atoms with E-state index < -0.39 is 5.60 Å². The lowest BCUT2D eigenvalue weighted by Crippen LogP contribution is -2.19. The van der Waals surface area contributed by atoms with Gasteiger partial charge in [-0.3, -0.25) is 4.98 Å². The number of nitrogens with zero attached hydrogens (tertiary/aromatic N) is 1. The fourth-order valence-corrected chi connectivity index (χ4v) is 1.93. The van der Waals surface area contributed by atoms with Crippen molar-refractivity contribution in [1.82, 2.24) is 4.98 Å². The van der Waals surface area contributed by atoms with Crippen LogP contribution in [0.5, 0.6) is 0 Å². The van der Waals surface area contributed by atoms with Gasteiger partial charge in [-0.2, -0.15) is 0 Å². The maximum atomic E-state index is 10.4. The Balaban J connectivity index is 3.34. The Hall–Kier alpha value is -0.640. The SMILES string of the molecule is CC(C)(O)c1ncc(Cl)c(CC=O)c1Cl. The first-order valence-electron chi connectivity index (χ1n) is 4.37. The van der Waals surface area contributed by atoms with Crippen molar-refractivity contribution in [2.24, 2.45) is 0 Å². The molecule has 0 saturated carbocycles. The van der Waals surface area contributed by atoms with Gasteiger partial charge in [0.25, 0.3) is 0 Å². The van der Waals surface area contributed by atoms with E-state index >= 15 is 0 Å². The fraction of sp³-hybridized carbons (Fsp3) is 0.400. The van der Waals surface area contributed by atoms with Gasteiger partial charge in [0.15, 0.2) is 0 Å². The lowest BCUT2D eigenvalue weighted by atomic mass is 10.0. The maximum Gasteiger partial charge on any atom is 0.124 e. The quantitative estimate of drug-likeness (QED) is 0.835. The monoisotopic (exact) mass is 247 g/mol. The van der Waals surface area contributed by atoms with Crippen LogP contribution in [0.15, 0.2) is 6.20 Å². The predicted molar refractivity (Wildman–Crippen MR) is 59.3 cm³/mol. The van der Waals surface area contributed by atoms with Crippen molar-refractivity contribution in [2.45, 2.75) is 25.9 Å². The van der Waals surface area contributed by atoms with Gasteiger partial charge in [-0.05, 0) is 19.4 Å². The first-order chi connectivity index (χ1) is 6.88. The van der Waals surface area contributed by atoms with Gasteiger partial charge in [0.05, 0.1) is 15.7 Å². The van der Waals surface area contributed by atoms with Crippen LogP contribution in [0.3, 0.4) is 0 Å². The van der Waals surface area contributed by atoms with E-state index in [0.717, 1.165) is 0 Å². The van der Waals surface area contributed by atoms with Crippen LogP contribution in [0.2, 0.25) is 10.0 Å². The minimum absolute atomic E-state index is 0.114. The molecule has 0 aliphatic rings. The van der Waals surface area contributed by atoms with Gasteiger partial charge in [0.1, 0.15) is 11.9 Å². The molecule has 0 unspecified atom stereocenters. The predicted octanol–water partition coefficient (Wildman–Crippen LogP) is 2.36. The Morgan fingerprint density at radius 1 is 1.53 bits per heavy atom. The van der Waals surface area contributed by atoms with E-state index in [1.165, 1.54) is 6.20 Å². The van der Waals surface area contributed by atoms with Gasteiger partial charge in [-0.15, -0.1) is 0 Å². The first-order valence-corrected chi connectivity index (χ1v) is 5.13. The highest BCUT2D eigenvalue weighted by Gasteiger charge is 2.24. The summed E-state index contributed by atoms with van der Waals surface area (Å²) in [6.45, 7) is 3.14. The Labute approximate surface area is 98.0 Å². The van der Waals surface area contributed by atoms with Crippen LogP contribution in [0, 0.1) is 0 Å². The highest BCUT2D eigenvalue weighted by atomic mass is 35.5. The number of hydrogen-bond acceptors (Lipinski definition) is 3. The van der Waals surface area contributed by atoms with Crippen LogP contribution in [0.4, 0.5) is 0 Å². The molecule has 15 heavy (non-hydrogen) atoms. The van der Waals surface area contributed by atoms with E-state index in [9.17, 15) is 9.90 Å². The van der Waals surface area contributed by atoms with Gasteiger partial charge < -0.3 is 9.90 Å². The number of aliphatic hydroxyl groups is 1. The number of carbonyl (C=O) groups excluding carboxylic acids is 1. The number of hydrogen-bond donors (Lipinski definition) is 1. The summed E-state index contributed by atoms with van der Waals surface area (Å²) in [6, 6.07) is 0. The Bertz CT molecular complexity index is 386. The Morgan fingerprint density at radius 2 is 2.13 bits per heavy atom. The molecule has 1 aromatic rings. The minimum Gasteiger partial charge on any atom is -0.384 e. The summed E-state index contributed by atoms with van der Waals surface area (Å²) < 4.78 is 0. The van der Waals surface area contributed by atoms with Gasteiger partial charge in [-0.1, -0.05) is 23.2 Å². The third-order valence-corrected chi connectivity index (χ3v) is 2.67. The van der Waals surface area contributed by atoms with Gasteiger partial charge in [0, 0.05) is 12.6 Å². The smallest absolute Gasteiger partial charge is 0.124 e. The average molecular weight is 248 g/mol. The molecule has 3 nitrogen and oxygen atoms in total. The molecule has 0 radical (unpaired) electrons. The number of rotatable bonds is 3. The van der Waals surface area contributed by atoms with E-state index in [0.29, 0.717) is 22.6 Å². The molecule has 0 aliphatic carbocycles. The molecule has 5 heteroatoms. The first kappa shape index (κ1) is 12.4. The second kappa shape index (κ2) is 4.47. The number of aldehydes is 1. The van der Waals surface area contributed by atoms with Crippen molar-refractivity contribution in [3.8, 4) is 0 Å². The molecule has 0 aliphatic heterocycles. The fourth-order valence-electron chi connectivity index (χ4n) is 1.20. The molecular formula is C10H11Cl2NO2. The van der Waals surface area contributed by atoms with Gasteiger partial charge in [-0.25, -0.2) is 0 Å². The summed E-state index contributed by atoms with van der Waals surface area (Å²) in [5.74, 6) is 0. The number of carbonyl (C=O) groups is 1. The highest BCUT2D eigenvalue weighted by Crippen LogP contribution is 2.32. The molecule has 0 aromatic carbocycles. The number of aromatic nitrogens is 1. The average Bonchev–Trinajstić information content (AvgIpc) is 2.09. The Kier molecular flexibility index (Phi) is 3.71. The largest absolute Gasteiger partial charge is 0.384 e. The second-order valence-corrected chi connectivity index (χ2v) is 4.46. The summed E-state index contributed by atoms with van der Waals surface area (Å²) >= 11 is 11.9. The van der Waals surface area contributed by atoms with E-state index in [-0.39, 0.29) is 11.4 Å². The summed E-state index contributed by atoms with van der Waals surface area (Å²) in [5.41, 5.74) is -0.329. The molecule has 82 valence electrons. The zero-order chi connectivity index (χ0) is 11.6.